The number of anilines is 1. The Labute approximate surface area is 140 Å². The lowest BCUT2D eigenvalue weighted by Crippen LogP contribution is -2.32. The van der Waals surface area contributed by atoms with Gasteiger partial charge >= 0.3 is 11.8 Å². The molecule has 0 aromatic heterocycles. The average molecular weight is 325 g/mol. The summed E-state index contributed by atoms with van der Waals surface area (Å²) in [7, 11) is 1.58. The predicted molar refractivity (Wildman–Crippen MR) is 93.3 cm³/mol. The highest BCUT2D eigenvalue weighted by atomic mass is 16.5. The van der Waals surface area contributed by atoms with E-state index in [0.29, 0.717) is 5.69 Å². The smallest absolute Gasteiger partial charge is 0.329 e. The van der Waals surface area contributed by atoms with Gasteiger partial charge in [-0.05, 0) is 66.9 Å². The van der Waals surface area contributed by atoms with E-state index in [2.05, 4.69) is 15.8 Å². The number of hydrogen-bond acceptors (Lipinski definition) is 4. The van der Waals surface area contributed by atoms with Crippen LogP contribution in [0, 0.1) is 13.8 Å². The number of ether oxygens (including phenoxy) is 1. The molecule has 2 aromatic carbocycles. The fraction of sp³-hybridized carbons (Fsp3) is 0.167. The van der Waals surface area contributed by atoms with E-state index >= 15 is 0 Å². The summed E-state index contributed by atoms with van der Waals surface area (Å²) >= 11 is 0. The number of carbonyl (C=O) groups excluding carboxylic acids is 2. The van der Waals surface area contributed by atoms with Crippen LogP contribution in [0.4, 0.5) is 5.69 Å². The first-order chi connectivity index (χ1) is 11.5. The third-order valence-electron chi connectivity index (χ3n) is 3.18. The van der Waals surface area contributed by atoms with Crippen LogP contribution in [0.5, 0.6) is 5.75 Å². The van der Waals surface area contributed by atoms with Crippen LogP contribution < -0.4 is 15.5 Å². The number of carbonyl (C=O) groups is 2. The van der Waals surface area contributed by atoms with Crippen LogP contribution in [0.1, 0.15) is 16.7 Å². The van der Waals surface area contributed by atoms with Gasteiger partial charge in [-0.15, -0.1) is 0 Å². The summed E-state index contributed by atoms with van der Waals surface area (Å²) < 4.78 is 5.05. The largest absolute Gasteiger partial charge is 0.497 e. The molecule has 6 nitrogen and oxygen atoms in total. The van der Waals surface area contributed by atoms with Crippen molar-refractivity contribution in [2.45, 2.75) is 13.8 Å². The first kappa shape index (κ1) is 17.2. The minimum absolute atomic E-state index is 0.576. The molecule has 6 heteroatoms. The number of benzene rings is 2. The van der Waals surface area contributed by atoms with Gasteiger partial charge in [0.05, 0.1) is 13.3 Å². The molecule has 0 fully saturated rings. The molecule has 0 bridgehead atoms. The average Bonchev–Trinajstić information content (AvgIpc) is 2.54. The van der Waals surface area contributed by atoms with Crippen molar-refractivity contribution in [3.8, 4) is 5.75 Å². The van der Waals surface area contributed by atoms with Crippen molar-refractivity contribution in [3.05, 3.63) is 59.2 Å². The number of rotatable bonds is 4. The van der Waals surface area contributed by atoms with Gasteiger partial charge in [-0.3, -0.25) is 9.59 Å². The van der Waals surface area contributed by atoms with Gasteiger partial charge in [0.15, 0.2) is 0 Å². The van der Waals surface area contributed by atoms with Gasteiger partial charge in [-0.25, -0.2) is 5.43 Å². The summed E-state index contributed by atoms with van der Waals surface area (Å²) in [5, 5.41) is 6.31. The first-order valence-corrected chi connectivity index (χ1v) is 7.34. The van der Waals surface area contributed by atoms with Crippen LogP contribution in [0.2, 0.25) is 0 Å². The zero-order valence-corrected chi connectivity index (χ0v) is 13.8. The number of methoxy groups -OCH3 is 1. The quantitative estimate of drug-likeness (QED) is 0.515. The molecular formula is C18H19N3O3. The maximum absolute atomic E-state index is 11.8. The number of aryl methyl sites for hydroxylation is 2. The van der Waals surface area contributed by atoms with Crippen molar-refractivity contribution in [1.82, 2.24) is 5.43 Å². The highest BCUT2D eigenvalue weighted by Crippen LogP contribution is 2.13. The molecule has 2 aromatic rings. The van der Waals surface area contributed by atoms with Crippen LogP contribution in [0.3, 0.4) is 0 Å². The van der Waals surface area contributed by atoms with E-state index in [4.69, 9.17) is 4.74 Å². The molecule has 0 heterocycles. The summed E-state index contributed by atoms with van der Waals surface area (Å²) in [6.07, 6.45) is 1.45. The number of hydrazone groups is 1. The molecule has 0 aliphatic carbocycles. The molecule has 0 aliphatic heterocycles. The zero-order valence-electron chi connectivity index (χ0n) is 13.8. The first-order valence-electron chi connectivity index (χ1n) is 7.34. The summed E-state index contributed by atoms with van der Waals surface area (Å²) in [6.45, 7) is 3.84. The van der Waals surface area contributed by atoms with Crippen LogP contribution in [0.25, 0.3) is 0 Å². The number of amides is 2. The minimum Gasteiger partial charge on any atom is -0.497 e. The lowest BCUT2D eigenvalue weighted by Gasteiger charge is -2.06. The standard InChI is InChI=1S/C18H19N3O3/c1-12-8-13(2)10-15(9-12)20-17(22)18(23)21-19-11-14-4-6-16(24-3)7-5-14/h4-11H,1-3H3,(H,20,22)(H,21,23)/b19-11+. The summed E-state index contributed by atoms with van der Waals surface area (Å²) in [4.78, 5) is 23.6. The van der Waals surface area contributed by atoms with E-state index in [1.807, 2.05) is 19.9 Å². The molecule has 0 saturated carbocycles. The van der Waals surface area contributed by atoms with Gasteiger partial charge in [0.1, 0.15) is 5.75 Å². The molecule has 2 N–H and O–H groups in total. The molecule has 0 saturated heterocycles. The van der Waals surface area contributed by atoms with Crippen LogP contribution >= 0.6 is 0 Å². The van der Waals surface area contributed by atoms with Crippen molar-refractivity contribution in [1.29, 1.82) is 0 Å². The molecule has 2 rings (SSSR count). The fourth-order valence-corrected chi connectivity index (χ4v) is 2.14. The van der Waals surface area contributed by atoms with Gasteiger partial charge in [0.25, 0.3) is 0 Å². The van der Waals surface area contributed by atoms with E-state index in [0.717, 1.165) is 22.4 Å². The highest BCUT2D eigenvalue weighted by molar-refractivity contribution is 6.39. The van der Waals surface area contributed by atoms with Crippen molar-refractivity contribution in [3.63, 3.8) is 0 Å². The Morgan fingerprint density at radius 3 is 2.21 bits per heavy atom. The molecule has 0 radical (unpaired) electrons. The predicted octanol–water partition coefficient (Wildman–Crippen LogP) is 2.40. The van der Waals surface area contributed by atoms with E-state index < -0.39 is 11.8 Å². The van der Waals surface area contributed by atoms with Gasteiger partial charge in [-0.2, -0.15) is 5.10 Å². The van der Waals surface area contributed by atoms with Crippen molar-refractivity contribution >= 4 is 23.7 Å². The molecule has 0 spiro atoms. The Morgan fingerprint density at radius 1 is 1.00 bits per heavy atom. The van der Waals surface area contributed by atoms with E-state index in [1.54, 1.807) is 43.5 Å². The second kappa shape index (κ2) is 7.92. The Hall–Kier alpha value is -3.15. The van der Waals surface area contributed by atoms with E-state index in [-0.39, 0.29) is 0 Å². The van der Waals surface area contributed by atoms with Gasteiger partial charge < -0.3 is 10.1 Å². The monoisotopic (exact) mass is 325 g/mol. The second-order valence-electron chi connectivity index (χ2n) is 5.30. The molecule has 0 atom stereocenters. The van der Waals surface area contributed by atoms with E-state index in [9.17, 15) is 9.59 Å². The van der Waals surface area contributed by atoms with E-state index in [1.165, 1.54) is 6.21 Å². The molecule has 0 unspecified atom stereocenters. The van der Waals surface area contributed by atoms with Crippen molar-refractivity contribution in [2.75, 3.05) is 12.4 Å². The third kappa shape index (κ3) is 4.95. The number of nitrogens with zero attached hydrogens (tertiary/aromatic N) is 1. The third-order valence-corrected chi connectivity index (χ3v) is 3.18. The fourth-order valence-electron chi connectivity index (χ4n) is 2.14. The summed E-state index contributed by atoms with van der Waals surface area (Å²) in [6, 6.07) is 12.7. The van der Waals surface area contributed by atoms with Gasteiger partial charge in [0.2, 0.25) is 0 Å². The maximum Gasteiger partial charge on any atom is 0.329 e. The summed E-state index contributed by atoms with van der Waals surface area (Å²) in [5.41, 5.74) is 5.55. The highest BCUT2D eigenvalue weighted by Gasteiger charge is 2.13. The minimum atomic E-state index is -0.834. The topological polar surface area (TPSA) is 79.8 Å². The Balaban J connectivity index is 1.91. The zero-order chi connectivity index (χ0) is 17.5. The number of hydrogen-bond donors (Lipinski definition) is 2. The Morgan fingerprint density at radius 2 is 1.62 bits per heavy atom. The van der Waals surface area contributed by atoms with Gasteiger partial charge in [0, 0.05) is 5.69 Å². The lowest BCUT2D eigenvalue weighted by atomic mass is 10.1. The summed E-state index contributed by atoms with van der Waals surface area (Å²) in [5.74, 6) is -0.880. The molecule has 24 heavy (non-hydrogen) atoms. The van der Waals surface area contributed by atoms with Crippen LogP contribution in [-0.4, -0.2) is 25.1 Å². The van der Waals surface area contributed by atoms with Crippen molar-refractivity contribution < 1.29 is 14.3 Å². The maximum atomic E-state index is 11.8. The number of nitrogens with one attached hydrogen (secondary N) is 2. The van der Waals surface area contributed by atoms with Crippen LogP contribution in [-0.2, 0) is 9.59 Å². The van der Waals surface area contributed by atoms with Crippen molar-refractivity contribution in [2.24, 2.45) is 5.10 Å². The normalized spacial score (nSPS) is 10.5. The Bertz CT molecular complexity index is 747. The SMILES string of the molecule is COc1ccc(/C=N/NC(=O)C(=O)Nc2cc(C)cc(C)c2)cc1. The molecule has 124 valence electrons. The molecular weight excluding hydrogens is 306 g/mol. The molecule has 0 aliphatic rings. The lowest BCUT2D eigenvalue weighted by molar-refractivity contribution is -0.136. The van der Waals surface area contributed by atoms with Crippen LogP contribution in [0.15, 0.2) is 47.6 Å². The Kier molecular flexibility index (Phi) is 5.68. The van der Waals surface area contributed by atoms with Gasteiger partial charge in [-0.1, -0.05) is 6.07 Å². The second-order valence-corrected chi connectivity index (χ2v) is 5.30. The molecule has 2 amide bonds.